The molecule has 0 aliphatic carbocycles. The molecule has 1 aromatic heterocycles. The number of aromatic nitrogens is 2. The van der Waals surface area contributed by atoms with Gasteiger partial charge in [0, 0.05) is 24.8 Å². The standard InChI is InChI=1S/C9H11ClN2O2/c1-7(5-10)6-12-8(13)3-4-11(2)9(12)14/h3-5H,6H2,1-2H3/b7-5-. The molecule has 1 heterocycles. The molecule has 14 heavy (non-hydrogen) atoms. The lowest BCUT2D eigenvalue weighted by molar-refractivity contribution is 0.634. The van der Waals surface area contributed by atoms with Crippen LogP contribution < -0.4 is 11.2 Å². The van der Waals surface area contributed by atoms with Crippen LogP contribution in [-0.2, 0) is 13.6 Å². The molecular formula is C9H11ClN2O2. The SMILES string of the molecule is C/C(=C/Cl)Cn1c(=O)ccn(C)c1=O. The molecule has 1 rings (SSSR count). The maximum atomic E-state index is 11.5. The van der Waals surface area contributed by atoms with Gasteiger partial charge in [-0.3, -0.25) is 9.36 Å². The molecule has 0 aliphatic heterocycles. The fraction of sp³-hybridized carbons (Fsp3) is 0.333. The molecule has 0 fully saturated rings. The minimum absolute atomic E-state index is 0.232. The Kier molecular flexibility index (Phi) is 3.30. The summed E-state index contributed by atoms with van der Waals surface area (Å²) in [7, 11) is 1.60. The lowest BCUT2D eigenvalue weighted by Gasteiger charge is -2.05. The van der Waals surface area contributed by atoms with Crippen molar-refractivity contribution in [3.63, 3.8) is 0 Å². The molecule has 4 nitrogen and oxygen atoms in total. The second kappa shape index (κ2) is 4.28. The average Bonchev–Trinajstić information content (AvgIpc) is 2.18. The van der Waals surface area contributed by atoms with Crippen LogP contribution in [0.15, 0.2) is 33.0 Å². The maximum absolute atomic E-state index is 11.5. The molecule has 0 saturated heterocycles. The van der Waals surface area contributed by atoms with Gasteiger partial charge >= 0.3 is 5.69 Å². The molecule has 5 heteroatoms. The first-order valence-electron chi connectivity index (χ1n) is 4.08. The first-order chi connectivity index (χ1) is 6.56. The minimum atomic E-state index is -0.338. The van der Waals surface area contributed by atoms with Crippen LogP contribution in [0.2, 0.25) is 0 Å². The van der Waals surface area contributed by atoms with Crippen LogP contribution in [0.5, 0.6) is 0 Å². The van der Waals surface area contributed by atoms with Crippen molar-refractivity contribution in [2.24, 2.45) is 7.05 Å². The van der Waals surface area contributed by atoms with E-state index in [0.29, 0.717) is 0 Å². The molecule has 0 bridgehead atoms. The molecule has 0 atom stereocenters. The second-order valence-electron chi connectivity index (χ2n) is 3.09. The van der Waals surface area contributed by atoms with Gasteiger partial charge in [0.05, 0.1) is 6.54 Å². The van der Waals surface area contributed by atoms with Crippen molar-refractivity contribution >= 4 is 11.6 Å². The fourth-order valence-corrected chi connectivity index (χ4v) is 1.11. The van der Waals surface area contributed by atoms with E-state index in [1.165, 1.54) is 22.4 Å². The predicted molar refractivity (Wildman–Crippen MR) is 55.6 cm³/mol. The largest absolute Gasteiger partial charge is 0.331 e. The highest BCUT2D eigenvalue weighted by atomic mass is 35.5. The summed E-state index contributed by atoms with van der Waals surface area (Å²) in [4.78, 5) is 22.8. The van der Waals surface area contributed by atoms with E-state index in [1.54, 1.807) is 14.0 Å². The van der Waals surface area contributed by atoms with Crippen molar-refractivity contribution in [3.05, 3.63) is 44.2 Å². The van der Waals surface area contributed by atoms with Gasteiger partial charge in [-0.2, -0.15) is 0 Å². The molecule has 0 saturated carbocycles. The van der Waals surface area contributed by atoms with E-state index in [-0.39, 0.29) is 17.8 Å². The Balaban J connectivity index is 3.27. The smallest absolute Gasteiger partial charge is 0.303 e. The molecular weight excluding hydrogens is 204 g/mol. The van der Waals surface area contributed by atoms with Crippen molar-refractivity contribution in [3.8, 4) is 0 Å². The third kappa shape index (κ3) is 2.14. The van der Waals surface area contributed by atoms with Crippen molar-refractivity contribution in [1.29, 1.82) is 0 Å². The number of hydrogen-bond donors (Lipinski definition) is 0. The minimum Gasteiger partial charge on any atom is -0.303 e. The van der Waals surface area contributed by atoms with E-state index in [9.17, 15) is 9.59 Å². The van der Waals surface area contributed by atoms with Gasteiger partial charge in [-0.1, -0.05) is 11.6 Å². The van der Waals surface area contributed by atoms with Gasteiger partial charge in [-0.15, -0.1) is 0 Å². The topological polar surface area (TPSA) is 44.0 Å². The average molecular weight is 215 g/mol. The van der Waals surface area contributed by atoms with Gasteiger partial charge in [-0.25, -0.2) is 4.79 Å². The predicted octanol–water partition coefficient (Wildman–Crippen LogP) is 0.690. The summed E-state index contributed by atoms with van der Waals surface area (Å²) < 4.78 is 2.48. The summed E-state index contributed by atoms with van der Waals surface area (Å²) in [6, 6.07) is 1.35. The third-order valence-corrected chi connectivity index (χ3v) is 2.21. The van der Waals surface area contributed by atoms with Gasteiger partial charge in [0.15, 0.2) is 0 Å². The van der Waals surface area contributed by atoms with Crippen LogP contribution in [0.3, 0.4) is 0 Å². The normalized spacial score (nSPS) is 11.8. The maximum Gasteiger partial charge on any atom is 0.331 e. The van der Waals surface area contributed by atoms with Gasteiger partial charge in [-0.05, 0) is 12.5 Å². The van der Waals surface area contributed by atoms with Gasteiger partial charge in [0.25, 0.3) is 5.56 Å². The Labute approximate surface area is 86.1 Å². The van der Waals surface area contributed by atoms with Crippen LogP contribution in [0.4, 0.5) is 0 Å². The zero-order chi connectivity index (χ0) is 10.7. The molecule has 0 amide bonds. The number of aryl methyl sites for hydroxylation is 1. The van der Waals surface area contributed by atoms with E-state index in [0.717, 1.165) is 10.1 Å². The highest BCUT2D eigenvalue weighted by molar-refractivity contribution is 6.25. The van der Waals surface area contributed by atoms with E-state index in [1.807, 2.05) is 0 Å². The lowest BCUT2D eigenvalue weighted by atomic mass is 10.3. The van der Waals surface area contributed by atoms with Crippen LogP contribution in [0.1, 0.15) is 6.92 Å². The summed E-state index contributed by atoms with van der Waals surface area (Å²) in [6.07, 6.45) is 1.45. The van der Waals surface area contributed by atoms with Gasteiger partial charge in [0.2, 0.25) is 0 Å². The van der Waals surface area contributed by atoms with Crippen molar-refractivity contribution in [2.45, 2.75) is 13.5 Å². The van der Waals surface area contributed by atoms with Crippen LogP contribution in [0.25, 0.3) is 0 Å². The molecule has 0 aliphatic rings. The Hall–Kier alpha value is -1.29. The van der Waals surface area contributed by atoms with Gasteiger partial charge < -0.3 is 4.57 Å². The molecule has 1 aromatic rings. The van der Waals surface area contributed by atoms with Crippen LogP contribution >= 0.6 is 11.6 Å². The summed E-state index contributed by atoms with van der Waals surface area (Å²) >= 11 is 5.46. The van der Waals surface area contributed by atoms with Crippen molar-refractivity contribution < 1.29 is 0 Å². The second-order valence-corrected chi connectivity index (χ2v) is 3.31. The number of hydrogen-bond acceptors (Lipinski definition) is 2. The highest BCUT2D eigenvalue weighted by Crippen LogP contribution is 1.95. The summed E-state index contributed by atoms with van der Waals surface area (Å²) in [6.45, 7) is 1.99. The first-order valence-corrected chi connectivity index (χ1v) is 4.52. The Morgan fingerprint density at radius 1 is 1.57 bits per heavy atom. The monoisotopic (exact) mass is 214 g/mol. The zero-order valence-corrected chi connectivity index (χ0v) is 8.78. The Morgan fingerprint density at radius 2 is 2.21 bits per heavy atom. The fourth-order valence-electron chi connectivity index (χ4n) is 1.04. The number of allylic oxidation sites excluding steroid dienone is 1. The van der Waals surface area contributed by atoms with E-state index in [2.05, 4.69) is 0 Å². The first kappa shape index (κ1) is 10.8. The molecule has 76 valence electrons. The Bertz CT molecular complexity index is 470. The molecule has 0 unspecified atom stereocenters. The van der Waals surface area contributed by atoms with Crippen molar-refractivity contribution in [1.82, 2.24) is 9.13 Å². The summed E-state index contributed by atoms with van der Waals surface area (Å²) in [5.41, 5.74) is 1.47. The summed E-state index contributed by atoms with van der Waals surface area (Å²) in [5.74, 6) is 0. The van der Waals surface area contributed by atoms with Crippen molar-refractivity contribution in [2.75, 3.05) is 0 Å². The molecule has 0 aromatic carbocycles. The lowest BCUT2D eigenvalue weighted by Crippen LogP contribution is -2.38. The van der Waals surface area contributed by atoms with E-state index < -0.39 is 0 Å². The highest BCUT2D eigenvalue weighted by Gasteiger charge is 2.02. The number of rotatable bonds is 2. The molecule has 0 radical (unpaired) electrons. The number of halogens is 1. The molecule has 0 N–H and O–H groups in total. The zero-order valence-electron chi connectivity index (χ0n) is 8.03. The quantitative estimate of drug-likeness (QED) is 0.727. The summed E-state index contributed by atoms with van der Waals surface area (Å²) in [5, 5.41) is 0. The van der Waals surface area contributed by atoms with E-state index >= 15 is 0 Å². The van der Waals surface area contributed by atoms with Crippen LogP contribution in [0, 0.1) is 0 Å². The van der Waals surface area contributed by atoms with Gasteiger partial charge in [0.1, 0.15) is 0 Å². The Morgan fingerprint density at radius 3 is 2.79 bits per heavy atom. The molecule has 0 spiro atoms. The third-order valence-electron chi connectivity index (χ3n) is 1.83. The number of nitrogens with zero attached hydrogens (tertiary/aromatic N) is 2. The van der Waals surface area contributed by atoms with Crippen LogP contribution in [-0.4, -0.2) is 9.13 Å². The van der Waals surface area contributed by atoms with E-state index in [4.69, 9.17) is 11.6 Å².